The Hall–Kier alpha value is -0.490. The van der Waals surface area contributed by atoms with Crippen molar-refractivity contribution in [3.8, 4) is 11.8 Å². The van der Waals surface area contributed by atoms with Gasteiger partial charge in [0.15, 0.2) is 0 Å². The lowest BCUT2D eigenvalue weighted by Crippen LogP contribution is -1.99. The average molecular weight is 317 g/mol. The van der Waals surface area contributed by atoms with E-state index in [2.05, 4.69) is 32.5 Å². The van der Waals surface area contributed by atoms with E-state index in [0.717, 1.165) is 31.0 Å². The minimum absolute atomic E-state index is 0.0932. The lowest BCUT2D eigenvalue weighted by Gasteiger charge is -1.99. The third-order valence-corrected chi connectivity index (χ3v) is 3.28. The normalized spacial score (nSPS) is 9.67. The summed E-state index contributed by atoms with van der Waals surface area (Å²) in [6.07, 6.45) is 10.7. The van der Waals surface area contributed by atoms with Crippen molar-refractivity contribution < 1.29 is 9.53 Å². The van der Waals surface area contributed by atoms with E-state index in [1.54, 1.807) is 0 Å². The smallest absolute Gasteiger partial charge is 0.305 e. The second kappa shape index (κ2) is 14.6. The molecule has 0 aromatic rings. The van der Waals surface area contributed by atoms with E-state index in [4.69, 9.17) is 0 Å². The largest absolute Gasteiger partial charge is 0.469 e. The molecule has 0 fully saturated rings. The van der Waals surface area contributed by atoms with E-state index in [-0.39, 0.29) is 5.97 Å². The summed E-state index contributed by atoms with van der Waals surface area (Å²) >= 11 is 3.41. The van der Waals surface area contributed by atoms with Crippen LogP contribution in [0.4, 0.5) is 0 Å². The average Bonchev–Trinajstić information content (AvgIpc) is 2.39. The predicted molar refractivity (Wildman–Crippen MR) is 79.8 cm³/mol. The van der Waals surface area contributed by atoms with Crippen molar-refractivity contribution in [3.05, 3.63) is 0 Å². The Kier molecular flexibility index (Phi) is 14.2. The molecular weight excluding hydrogens is 292 g/mol. The van der Waals surface area contributed by atoms with Gasteiger partial charge in [-0.05, 0) is 25.7 Å². The summed E-state index contributed by atoms with van der Waals surface area (Å²) in [4.78, 5) is 10.9. The zero-order valence-electron chi connectivity index (χ0n) is 11.5. The minimum Gasteiger partial charge on any atom is -0.469 e. The molecule has 0 aromatic carbocycles. The molecule has 0 bridgehead atoms. The minimum atomic E-state index is -0.0932. The van der Waals surface area contributed by atoms with Crippen LogP contribution >= 0.6 is 15.9 Å². The molecule has 0 rings (SSSR count). The Morgan fingerprint density at radius 1 is 0.944 bits per heavy atom. The fourth-order valence-electron chi connectivity index (χ4n) is 1.60. The lowest BCUT2D eigenvalue weighted by molar-refractivity contribution is -0.140. The third kappa shape index (κ3) is 13.6. The predicted octanol–water partition coefficient (Wildman–Crippen LogP) is 4.46. The van der Waals surface area contributed by atoms with Crippen molar-refractivity contribution in [3.63, 3.8) is 0 Å². The van der Waals surface area contributed by atoms with Gasteiger partial charge in [0, 0.05) is 24.6 Å². The van der Waals surface area contributed by atoms with Gasteiger partial charge in [-0.15, -0.1) is 11.8 Å². The van der Waals surface area contributed by atoms with Crippen molar-refractivity contribution in [2.75, 3.05) is 12.4 Å². The molecule has 0 aromatic heterocycles. The molecule has 2 nitrogen and oxygen atoms in total. The van der Waals surface area contributed by atoms with Crippen LogP contribution in [0, 0.1) is 11.8 Å². The fraction of sp³-hybridized carbons (Fsp3) is 0.800. The fourth-order valence-corrected chi connectivity index (χ4v) is 2.00. The SMILES string of the molecule is COC(=O)CCCCCCCC#CCCCCBr. The first kappa shape index (κ1) is 17.5. The molecule has 0 N–H and O–H groups in total. The van der Waals surface area contributed by atoms with Crippen LogP contribution in [0.2, 0.25) is 0 Å². The molecule has 0 atom stereocenters. The van der Waals surface area contributed by atoms with Crippen molar-refractivity contribution in [2.24, 2.45) is 0 Å². The van der Waals surface area contributed by atoms with Gasteiger partial charge in [0.1, 0.15) is 0 Å². The molecule has 0 aliphatic carbocycles. The van der Waals surface area contributed by atoms with Crippen LogP contribution < -0.4 is 0 Å². The Labute approximate surface area is 120 Å². The van der Waals surface area contributed by atoms with Gasteiger partial charge in [-0.25, -0.2) is 0 Å². The molecule has 0 unspecified atom stereocenters. The number of alkyl halides is 1. The Morgan fingerprint density at radius 2 is 1.50 bits per heavy atom. The Morgan fingerprint density at radius 3 is 2.11 bits per heavy atom. The maximum atomic E-state index is 10.9. The van der Waals surface area contributed by atoms with Gasteiger partial charge in [0.05, 0.1) is 7.11 Å². The van der Waals surface area contributed by atoms with Crippen LogP contribution in [0.1, 0.15) is 64.2 Å². The number of esters is 1. The molecule has 0 aliphatic heterocycles. The number of hydrogen-bond donors (Lipinski definition) is 0. The van der Waals surface area contributed by atoms with Gasteiger partial charge in [-0.1, -0.05) is 35.2 Å². The van der Waals surface area contributed by atoms with Crippen LogP contribution in [0.25, 0.3) is 0 Å². The molecule has 0 aliphatic rings. The van der Waals surface area contributed by atoms with E-state index in [0.29, 0.717) is 6.42 Å². The maximum absolute atomic E-state index is 10.9. The first-order valence-electron chi connectivity index (χ1n) is 6.89. The van der Waals surface area contributed by atoms with Crippen molar-refractivity contribution in [1.82, 2.24) is 0 Å². The van der Waals surface area contributed by atoms with E-state index < -0.39 is 0 Å². The Bertz CT molecular complexity index is 253. The van der Waals surface area contributed by atoms with Gasteiger partial charge in [-0.2, -0.15) is 0 Å². The van der Waals surface area contributed by atoms with E-state index >= 15 is 0 Å². The molecule has 0 amide bonds. The number of halogens is 1. The summed E-state index contributed by atoms with van der Waals surface area (Å²) in [5.41, 5.74) is 0. The van der Waals surface area contributed by atoms with Gasteiger partial charge in [0.25, 0.3) is 0 Å². The van der Waals surface area contributed by atoms with Crippen LogP contribution in [-0.4, -0.2) is 18.4 Å². The molecule has 0 spiro atoms. The van der Waals surface area contributed by atoms with E-state index in [1.165, 1.54) is 39.2 Å². The number of hydrogen-bond acceptors (Lipinski definition) is 2. The zero-order valence-corrected chi connectivity index (χ0v) is 13.1. The first-order valence-corrected chi connectivity index (χ1v) is 8.02. The third-order valence-electron chi connectivity index (χ3n) is 2.72. The standard InChI is InChI=1S/C15H25BrO2/c1-18-15(17)13-11-9-7-5-3-2-4-6-8-10-12-14-16/h2-3,5,7-14H2,1H3. The summed E-state index contributed by atoms with van der Waals surface area (Å²) in [6, 6.07) is 0. The van der Waals surface area contributed by atoms with Crippen molar-refractivity contribution in [1.29, 1.82) is 0 Å². The summed E-state index contributed by atoms with van der Waals surface area (Å²) in [7, 11) is 1.44. The molecule has 104 valence electrons. The quantitative estimate of drug-likeness (QED) is 0.257. The van der Waals surface area contributed by atoms with E-state index in [9.17, 15) is 4.79 Å². The summed E-state index contributed by atoms with van der Waals surface area (Å²) in [5.74, 6) is 6.34. The molecule has 0 saturated heterocycles. The molecular formula is C15H25BrO2. The van der Waals surface area contributed by atoms with Gasteiger partial charge < -0.3 is 4.74 Å². The van der Waals surface area contributed by atoms with Crippen LogP contribution in [0.3, 0.4) is 0 Å². The second-order valence-corrected chi connectivity index (χ2v) is 5.14. The molecule has 0 radical (unpaired) electrons. The molecule has 0 heterocycles. The second-order valence-electron chi connectivity index (χ2n) is 4.34. The number of carbonyl (C=O) groups is 1. The summed E-state index contributed by atoms with van der Waals surface area (Å²) in [6.45, 7) is 0. The number of rotatable bonds is 10. The van der Waals surface area contributed by atoms with Crippen LogP contribution in [-0.2, 0) is 9.53 Å². The number of unbranched alkanes of at least 4 members (excludes halogenated alkanes) is 7. The van der Waals surface area contributed by atoms with Gasteiger partial charge in [-0.3, -0.25) is 4.79 Å². The summed E-state index contributed by atoms with van der Waals surface area (Å²) in [5, 5.41) is 1.08. The Balaban J connectivity index is 3.13. The van der Waals surface area contributed by atoms with Gasteiger partial charge >= 0.3 is 5.97 Å². The highest BCUT2D eigenvalue weighted by Gasteiger charge is 1.98. The highest BCUT2D eigenvalue weighted by molar-refractivity contribution is 9.09. The monoisotopic (exact) mass is 316 g/mol. The molecule has 3 heteroatoms. The van der Waals surface area contributed by atoms with Gasteiger partial charge in [0.2, 0.25) is 0 Å². The van der Waals surface area contributed by atoms with Crippen LogP contribution in [0.15, 0.2) is 0 Å². The number of methoxy groups -OCH3 is 1. The number of carbonyl (C=O) groups excluding carboxylic acids is 1. The van der Waals surface area contributed by atoms with Crippen molar-refractivity contribution in [2.45, 2.75) is 64.2 Å². The highest BCUT2D eigenvalue weighted by atomic mass is 79.9. The number of ether oxygens (including phenoxy) is 1. The topological polar surface area (TPSA) is 26.3 Å². The molecule has 0 saturated carbocycles. The molecule has 18 heavy (non-hydrogen) atoms. The van der Waals surface area contributed by atoms with Crippen molar-refractivity contribution >= 4 is 21.9 Å². The van der Waals surface area contributed by atoms with E-state index in [1.807, 2.05) is 0 Å². The lowest BCUT2D eigenvalue weighted by atomic mass is 10.1. The van der Waals surface area contributed by atoms with Crippen LogP contribution in [0.5, 0.6) is 0 Å². The summed E-state index contributed by atoms with van der Waals surface area (Å²) < 4.78 is 4.59. The maximum Gasteiger partial charge on any atom is 0.305 e. The zero-order chi connectivity index (χ0) is 13.5. The highest BCUT2D eigenvalue weighted by Crippen LogP contribution is 2.07. The first-order chi connectivity index (χ1) is 8.81.